The van der Waals surface area contributed by atoms with Gasteiger partial charge in [-0.1, -0.05) is 6.07 Å². The Bertz CT molecular complexity index is 570. The van der Waals surface area contributed by atoms with Crippen molar-refractivity contribution in [1.82, 2.24) is 4.98 Å². The minimum absolute atomic E-state index is 0.137. The molecule has 0 aliphatic carbocycles. The number of aromatic nitrogens is 1. The van der Waals surface area contributed by atoms with Gasteiger partial charge in [-0.05, 0) is 25.1 Å². The summed E-state index contributed by atoms with van der Waals surface area (Å²) in [6, 6.07) is 5.23. The quantitative estimate of drug-likeness (QED) is 0.914. The monoisotopic (exact) mass is 279 g/mol. The number of hydrogen-bond acceptors (Lipinski definition) is 3. The second kappa shape index (κ2) is 6.43. The van der Waals surface area contributed by atoms with Crippen LogP contribution in [0.3, 0.4) is 0 Å². The van der Waals surface area contributed by atoms with E-state index in [2.05, 4.69) is 4.98 Å². The van der Waals surface area contributed by atoms with Gasteiger partial charge in [0.1, 0.15) is 17.4 Å². The third-order valence-electron chi connectivity index (χ3n) is 2.89. The summed E-state index contributed by atoms with van der Waals surface area (Å²) in [5, 5.41) is 10.1. The summed E-state index contributed by atoms with van der Waals surface area (Å²) >= 11 is 0. The van der Waals surface area contributed by atoms with Gasteiger partial charge in [-0.25, -0.2) is 8.78 Å². The smallest absolute Gasteiger partial charge is 0.137 e. The highest BCUT2D eigenvalue weighted by molar-refractivity contribution is 5.28. The summed E-state index contributed by atoms with van der Waals surface area (Å²) < 4.78 is 32.3. The van der Waals surface area contributed by atoms with Crippen molar-refractivity contribution in [2.45, 2.75) is 19.4 Å². The van der Waals surface area contributed by atoms with Gasteiger partial charge < -0.3 is 9.84 Å². The first kappa shape index (κ1) is 14.4. The minimum Gasteiger partial charge on any atom is -0.492 e. The van der Waals surface area contributed by atoms with Crippen LogP contribution < -0.4 is 4.74 Å². The van der Waals surface area contributed by atoms with Crippen molar-refractivity contribution in [3.05, 3.63) is 59.4 Å². The molecule has 0 amide bonds. The summed E-state index contributed by atoms with van der Waals surface area (Å²) in [6.45, 7) is 2.31. The normalized spacial score (nSPS) is 12.2. The zero-order valence-electron chi connectivity index (χ0n) is 11.0. The summed E-state index contributed by atoms with van der Waals surface area (Å²) in [7, 11) is 0. The molecule has 1 atom stereocenters. The van der Waals surface area contributed by atoms with Crippen molar-refractivity contribution < 1.29 is 18.6 Å². The van der Waals surface area contributed by atoms with Gasteiger partial charge in [-0.3, -0.25) is 4.98 Å². The van der Waals surface area contributed by atoms with Crippen LogP contribution in [-0.2, 0) is 6.42 Å². The van der Waals surface area contributed by atoms with Crippen molar-refractivity contribution in [3.63, 3.8) is 0 Å². The minimum atomic E-state index is -1.05. The van der Waals surface area contributed by atoms with E-state index in [9.17, 15) is 13.9 Å². The van der Waals surface area contributed by atoms with Crippen molar-refractivity contribution >= 4 is 0 Å². The van der Waals surface area contributed by atoms with Gasteiger partial charge in [-0.15, -0.1) is 0 Å². The fourth-order valence-corrected chi connectivity index (χ4v) is 1.90. The number of aliphatic hydroxyl groups excluding tert-OH is 1. The number of ether oxygens (including phenoxy) is 1. The van der Waals surface area contributed by atoms with E-state index in [1.54, 1.807) is 6.07 Å². The maximum atomic E-state index is 13.5. The standard InChI is InChI=1S/C15H15F2NO2/c1-2-20-11-6-10(8-18-9-11)15(19)7-12-13(16)4-3-5-14(12)17/h3-6,8-9,15,19H,2,7H2,1H3. The number of benzene rings is 1. The second-order valence-electron chi connectivity index (χ2n) is 4.31. The summed E-state index contributed by atoms with van der Waals surface area (Å²) in [6.07, 6.45) is 1.76. The Hall–Kier alpha value is -2.01. The maximum absolute atomic E-state index is 13.5. The molecule has 106 valence electrons. The molecule has 0 radical (unpaired) electrons. The van der Waals surface area contributed by atoms with Crippen molar-refractivity contribution in [2.75, 3.05) is 6.61 Å². The summed E-state index contributed by atoms with van der Waals surface area (Å²) in [5.41, 5.74) is 0.320. The number of pyridine rings is 1. The average Bonchev–Trinajstić information content (AvgIpc) is 2.43. The van der Waals surface area contributed by atoms with E-state index in [0.29, 0.717) is 17.9 Å². The SMILES string of the molecule is CCOc1cncc(C(O)Cc2c(F)cccc2F)c1. The van der Waals surface area contributed by atoms with Crippen LogP contribution in [0.4, 0.5) is 8.78 Å². The largest absolute Gasteiger partial charge is 0.492 e. The Morgan fingerprint density at radius 1 is 1.25 bits per heavy atom. The van der Waals surface area contributed by atoms with Gasteiger partial charge in [0.25, 0.3) is 0 Å². The highest BCUT2D eigenvalue weighted by Crippen LogP contribution is 2.24. The van der Waals surface area contributed by atoms with Crippen LogP contribution >= 0.6 is 0 Å². The first-order valence-electron chi connectivity index (χ1n) is 6.30. The second-order valence-corrected chi connectivity index (χ2v) is 4.31. The van der Waals surface area contributed by atoms with Crippen LogP contribution in [0.1, 0.15) is 24.2 Å². The molecule has 0 spiro atoms. The lowest BCUT2D eigenvalue weighted by atomic mass is 10.0. The van der Waals surface area contributed by atoms with Gasteiger partial charge in [0, 0.05) is 23.7 Å². The van der Waals surface area contributed by atoms with Crippen LogP contribution in [0.25, 0.3) is 0 Å². The Morgan fingerprint density at radius 2 is 1.95 bits per heavy atom. The molecule has 1 aromatic heterocycles. The molecule has 2 rings (SSSR count). The average molecular weight is 279 g/mol. The molecule has 0 bridgehead atoms. The number of hydrogen-bond donors (Lipinski definition) is 1. The van der Waals surface area contributed by atoms with Gasteiger partial charge >= 0.3 is 0 Å². The fourth-order valence-electron chi connectivity index (χ4n) is 1.90. The summed E-state index contributed by atoms with van der Waals surface area (Å²) in [4.78, 5) is 3.94. The molecule has 1 unspecified atom stereocenters. The number of nitrogens with zero attached hydrogens (tertiary/aromatic N) is 1. The molecule has 0 aliphatic heterocycles. The molecular formula is C15H15F2NO2. The lowest BCUT2D eigenvalue weighted by molar-refractivity contribution is 0.174. The van der Waals surface area contributed by atoms with E-state index in [1.807, 2.05) is 6.92 Å². The van der Waals surface area contributed by atoms with E-state index >= 15 is 0 Å². The number of aliphatic hydroxyl groups is 1. The molecule has 2 aromatic rings. The van der Waals surface area contributed by atoms with E-state index in [1.165, 1.54) is 30.6 Å². The Kier molecular flexibility index (Phi) is 4.63. The van der Waals surface area contributed by atoms with E-state index < -0.39 is 17.7 Å². The van der Waals surface area contributed by atoms with Gasteiger partial charge in [0.2, 0.25) is 0 Å². The predicted octanol–water partition coefficient (Wildman–Crippen LogP) is 3.03. The Labute approximate surface area is 115 Å². The first-order chi connectivity index (χ1) is 9.61. The van der Waals surface area contributed by atoms with Crippen LogP contribution in [0.15, 0.2) is 36.7 Å². The topological polar surface area (TPSA) is 42.4 Å². The fraction of sp³-hybridized carbons (Fsp3) is 0.267. The Morgan fingerprint density at radius 3 is 2.60 bits per heavy atom. The van der Waals surface area contributed by atoms with Gasteiger partial charge in [0.15, 0.2) is 0 Å². The lowest BCUT2D eigenvalue weighted by Crippen LogP contribution is -2.06. The molecule has 5 heteroatoms. The molecule has 1 N–H and O–H groups in total. The molecule has 20 heavy (non-hydrogen) atoms. The van der Waals surface area contributed by atoms with Crippen LogP contribution in [-0.4, -0.2) is 16.7 Å². The lowest BCUT2D eigenvalue weighted by Gasteiger charge is -2.13. The highest BCUT2D eigenvalue weighted by atomic mass is 19.1. The first-order valence-corrected chi connectivity index (χ1v) is 6.30. The predicted molar refractivity (Wildman–Crippen MR) is 70.4 cm³/mol. The van der Waals surface area contributed by atoms with Crippen LogP contribution in [0.5, 0.6) is 5.75 Å². The van der Waals surface area contributed by atoms with Crippen LogP contribution in [0, 0.1) is 11.6 Å². The van der Waals surface area contributed by atoms with E-state index in [-0.39, 0.29) is 12.0 Å². The third kappa shape index (κ3) is 3.30. The molecule has 0 fully saturated rings. The highest BCUT2D eigenvalue weighted by Gasteiger charge is 2.16. The molecular weight excluding hydrogens is 264 g/mol. The van der Waals surface area contributed by atoms with Gasteiger partial charge in [-0.2, -0.15) is 0 Å². The molecule has 0 aliphatic rings. The van der Waals surface area contributed by atoms with E-state index in [4.69, 9.17) is 4.74 Å². The van der Waals surface area contributed by atoms with Gasteiger partial charge in [0.05, 0.1) is 18.9 Å². The number of rotatable bonds is 5. The third-order valence-corrected chi connectivity index (χ3v) is 2.89. The summed E-state index contributed by atoms with van der Waals surface area (Å²) in [5.74, 6) is -0.825. The Balaban J connectivity index is 2.19. The molecule has 1 heterocycles. The van der Waals surface area contributed by atoms with E-state index in [0.717, 1.165) is 0 Å². The zero-order valence-corrected chi connectivity index (χ0v) is 11.0. The number of halogens is 2. The zero-order chi connectivity index (χ0) is 14.5. The van der Waals surface area contributed by atoms with Crippen molar-refractivity contribution in [2.24, 2.45) is 0 Å². The molecule has 1 aromatic carbocycles. The molecule has 0 saturated carbocycles. The van der Waals surface area contributed by atoms with Crippen molar-refractivity contribution in [3.8, 4) is 5.75 Å². The van der Waals surface area contributed by atoms with Crippen LogP contribution in [0.2, 0.25) is 0 Å². The molecule has 3 nitrogen and oxygen atoms in total. The molecule has 0 saturated heterocycles. The van der Waals surface area contributed by atoms with Crippen molar-refractivity contribution in [1.29, 1.82) is 0 Å². The maximum Gasteiger partial charge on any atom is 0.137 e.